The fourth-order valence-electron chi connectivity index (χ4n) is 4.90. The van der Waals surface area contributed by atoms with E-state index in [-0.39, 0.29) is 49.1 Å². The van der Waals surface area contributed by atoms with Crippen LogP contribution in [-0.4, -0.2) is 61.1 Å². The summed E-state index contributed by atoms with van der Waals surface area (Å²) in [5.74, 6) is -1.13. The van der Waals surface area contributed by atoms with E-state index < -0.39 is 17.3 Å². The number of ether oxygens (including phenoxy) is 3. The molecule has 214 valence electrons. The molecule has 2 rings (SSSR count). The average Bonchev–Trinajstić information content (AvgIpc) is 2.81. The first-order chi connectivity index (χ1) is 17.3. The number of esters is 1. The normalized spacial score (nSPS) is 25.7. The first-order valence-corrected chi connectivity index (χ1v) is 14.2. The highest BCUT2D eigenvalue weighted by molar-refractivity contribution is 5.82. The molecule has 1 aliphatic heterocycles. The molecule has 0 bridgehead atoms. The van der Waals surface area contributed by atoms with Crippen molar-refractivity contribution in [2.24, 2.45) is 11.3 Å². The van der Waals surface area contributed by atoms with Gasteiger partial charge in [-0.2, -0.15) is 0 Å². The van der Waals surface area contributed by atoms with Crippen molar-refractivity contribution in [1.82, 2.24) is 16.0 Å². The summed E-state index contributed by atoms with van der Waals surface area (Å²) in [4.78, 5) is 38.1. The van der Waals surface area contributed by atoms with Crippen LogP contribution in [0.4, 0.5) is 4.79 Å². The van der Waals surface area contributed by atoms with Crippen LogP contribution in [0.1, 0.15) is 106 Å². The predicted octanol–water partition coefficient (Wildman–Crippen LogP) is 4.43. The van der Waals surface area contributed by atoms with Crippen LogP contribution in [0, 0.1) is 11.3 Å². The molecule has 4 unspecified atom stereocenters. The Morgan fingerprint density at radius 3 is 2.43 bits per heavy atom. The summed E-state index contributed by atoms with van der Waals surface area (Å²) in [5, 5.41) is 9.00. The van der Waals surface area contributed by atoms with Crippen molar-refractivity contribution in [3.63, 3.8) is 0 Å². The molecule has 3 N–H and O–H groups in total. The minimum Gasteiger partial charge on any atom is -0.460 e. The predicted molar refractivity (Wildman–Crippen MR) is 143 cm³/mol. The molecule has 0 aromatic carbocycles. The lowest BCUT2D eigenvalue weighted by atomic mass is 9.85. The number of rotatable bonds is 12. The second-order valence-electron chi connectivity index (χ2n) is 12.1. The monoisotopic (exact) mass is 525 g/mol. The first-order valence-electron chi connectivity index (χ1n) is 14.2. The zero-order valence-electron chi connectivity index (χ0n) is 24.1. The Morgan fingerprint density at radius 1 is 1.05 bits per heavy atom. The number of hydrogen-bond donors (Lipinski definition) is 3. The third-order valence-corrected chi connectivity index (χ3v) is 7.31. The van der Waals surface area contributed by atoms with E-state index in [1.54, 1.807) is 13.8 Å². The third kappa shape index (κ3) is 10.4. The molecular formula is C28H51N3O6. The molecule has 1 heterocycles. The van der Waals surface area contributed by atoms with Gasteiger partial charge >= 0.3 is 12.0 Å². The topological polar surface area (TPSA) is 115 Å². The minimum absolute atomic E-state index is 0.0566. The van der Waals surface area contributed by atoms with Crippen LogP contribution in [0.3, 0.4) is 0 Å². The summed E-state index contributed by atoms with van der Waals surface area (Å²) in [7, 11) is 0. The van der Waals surface area contributed by atoms with E-state index in [9.17, 15) is 14.4 Å². The molecule has 0 radical (unpaired) electrons. The zero-order valence-corrected chi connectivity index (χ0v) is 24.1. The van der Waals surface area contributed by atoms with Gasteiger partial charge in [-0.1, -0.05) is 60.3 Å². The van der Waals surface area contributed by atoms with Crippen molar-refractivity contribution in [2.75, 3.05) is 13.2 Å². The van der Waals surface area contributed by atoms with Crippen molar-refractivity contribution in [3.8, 4) is 0 Å². The Morgan fingerprint density at radius 2 is 1.76 bits per heavy atom. The Balaban J connectivity index is 1.81. The van der Waals surface area contributed by atoms with Crippen LogP contribution in [0.15, 0.2) is 0 Å². The molecule has 37 heavy (non-hydrogen) atoms. The smallest absolute Gasteiger partial charge is 0.315 e. The fourth-order valence-corrected chi connectivity index (χ4v) is 4.90. The summed E-state index contributed by atoms with van der Waals surface area (Å²) in [5.41, 5.74) is -0.480. The van der Waals surface area contributed by atoms with E-state index in [1.807, 2.05) is 13.8 Å². The molecule has 0 aromatic heterocycles. The number of unbranched alkanes of at least 4 members (excludes halogenated alkanes) is 2. The van der Waals surface area contributed by atoms with Gasteiger partial charge in [-0.3, -0.25) is 9.59 Å². The van der Waals surface area contributed by atoms with Gasteiger partial charge in [-0.25, -0.2) is 4.79 Å². The molecule has 3 amide bonds. The van der Waals surface area contributed by atoms with Gasteiger partial charge in [0.15, 0.2) is 5.79 Å². The van der Waals surface area contributed by atoms with E-state index in [1.165, 1.54) is 0 Å². The van der Waals surface area contributed by atoms with Crippen LogP contribution < -0.4 is 16.0 Å². The maximum absolute atomic E-state index is 12.8. The molecule has 1 saturated carbocycles. The van der Waals surface area contributed by atoms with Crippen LogP contribution in [-0.2, 0) is 23.8 Å². The second kappa shape index (κ2) is 14.3. The lowest BCUT2D eigenvalue weighted by Gasteiger charge is -2.44. The van der Waals surface area contributed by atoms with E-state index in [0.717, 1.165) is 44.9 Å². The van der Waals surface area contributed by atoms with E-state index in [0.29, 0.717) is 18.9 Å². The summed E-state index contributed by atoms with van der Waals surface area (Å²) < 4.78 is 17.3. The molecule has 2 aliphatic rings. The Hall–Kier alpha value is -1.87. The average molecular weight is 526 g/mol. The van der Waals surface area contributed by atoms with Gasteiger partial charge in [0, 0.05) is 18.0 Å². The molecular weight excluding hydrogens is 474 g/mol. The molecule has 2 fully saturated rings. The molecule has 0 spiro atoms. The zero-order chi connectivity index (χ0) is 27.6. The number of carbonyl (C=O) groups excluding carboxylic acids is 3. The van der Waals surface area contributed by atoms with Crippen LogP contribution >= 0.6 is 0 Å². The van der Waals surface area contributed by atoms with Crippen LogP contribution in [0.2, 0.25) is 0 Å². The summed E-state index contributed by atoms with van der Waals surface area (Å²) in [6.45, 7) is 14.4. The van der Waals surface area contributed by atoms with Gasteiger partial charge in [-0.05, 0) is 45.4 Å². The summed E-state index contributed by atoms with van der Waals surface area (Å²) in [6, 6.07) is -0.290. The third-order valence-electron chi connectivity index (χ3n) is 7.31. The van der Waals surface area contributed by atoms with Crippen molar-refractivity contribution >= 4 is 17.9 Å². The van der Waals surface area contributed by atoms with Gasteiger partial charge in [0.05, 0.1) is 19.1 Å². The standard InChI is InChI=1S/C28H51N3O6/c1-8-9-10-13-20(19(2)3)30-26(34)31-21-14-11-12-15-22(21)36-23(32)16-17-29-25(33)24-27(4,5)18-35-28(6,7)37-24/h19-22,24H,8-18H2,1-7H3,(H,29,33)(H2,30,31,34). The Kier molecular flexibility index (Phi) is 12.1. The summed E-state index contributed by atoms with van der Waals surface area (Å²) in [6.07, 6.45) is 6.80. The molecule has 0 aromatic rings. The number of carbonyl (C=O) groups is 3. The van der Waals surface area contributed by atoms with Crippen molar-refractivity contribution < 1.29 is 28.6 Å². The summed E-state index contributed by atoms with van der Waals surface area (Å²) >= 11 is 0. The quantitative estimate of drug-likeness (QED) is 0.257. The molecule has 4 atom stereocenters. The highest BCUT2D eigenvalue weighted by Gasteiger charge is 2.45. The lowest BCUT2D eigenvalue weighted by Crippen LogP contribution is -2.56. The minimum atomic E-state index is -0.837. The Bertz CT molecular complexity index is 754. The largest absolute Gasteiger partial charge is 0.460 e. The Labute approximate surface area is 223 Å². The van der Waals surface area contributed by atoms with Gasteiger partial charge in [0.2, 0.25) is 5.91 Å². The first kappa shape index (κ1) is 31.3. The maximum atomic E-state index is 12.8. The van der Waals surface area contributed by atoms with Gasteiger partial charge < -0.3 is 30.2 Å². The molecule has 9 nitrogen and oxygen atoms in total. The SMILES string of the molecule is CCCCCC(NC(=O)NC1CCCCC1OC(=O)CCNC(=O)C1OC(C)(C)OCC1(C)C)C(C)C. The second-order valence-corrected chi connectivity index (χ2v) is 12.1. The highest BCUT2D eigenvalue weighted by atomic mass is 16.7. The van der Waals surface area contributed by atoms with Crippen molar-refractivity contribution in [1.29, 1.82) is 0 Å². The van der Waals surface area contributed by atoms with Crippen molar-refractivity contribution in [3.05, 3.63) is 0 Å². The lowest BCUT2D eigenvalue weighted by molar-refractivity contribution is -0.304. The van der Waals surface area contributed by atoms with Gasteiger partial charge in [-0.15, -0.1) is 0 Å². The molecule has 1 aliphatic carbocycles. The molecule has 9 heteroatoms. The molecule has 1 saturated heterocycles. The fraction of sp³-hybridized carbons (Fsp3) is 0.893. The number of hydrogen-bond acceptors (Lipinski definition) is 6. The van der Waals surface area contributed by atoms with E-state index >= 15 is 0 Å². The van der Waals surface area contributed by atoms with Crippen LogP contribution in [0.25, 0.3) is 0 Å². The van der Waals surface area contributed by atoms with Gasteiger partial charge in [0.1, 0.15) is 12.2 Å². The van der Waals surface area contributed by atoms with Crippen molar-refractivity contribution in [2.45, 2.75) is 136 Å². The maximum Gasteiger partial charge on any atom is 0.315 e. The van der Waals surface area contributed by atoms with E-state index in [2.05, 4.69) is 36.7 Å². The highest BCUT2D eigenvalue weighted by Crippen LogP contribution is 2.34. The number of urea groups is 1. The number of nitrogens with one attached hydrogen (secondary N) is 3. The van der Waals surface area contributed by atoms with Crippen LogP contribution in [0.5, 0.6) is 0 Å². The van der Waals surface area contributed by atoms with Gasteiger partial charge in [0.25, 0.3) is 0 Å². The number of amides is 3. The van der Waals surface area contributed by atoms with E-state index in [4.69, 9.17) is 14.2 Å².